The second kappa shape index (κ2) is 3.89. The fraction of sp³-hybridized carbons (Fsp3) is 0.889. The summed E-state index contributed by atoms with van der Waals surface area (Å²) in [5.41, 5.74) is 2.93. The molecule has 0 spiro atoms. The maximum absolute atomic E-state index is 11.5. The van der Waals surface area contributed by atoms with Gasteiger partial charge in [-0.05, 0) is 26.5 Å². The van der Waals surface area contributed by atoms with E-state index in [1.54, 1.807) is 11.8 Å². The maximum Gasteiger partial charge on any atom is 0.175 e. The number of rotatable bonds is 1. The van der Waals surface area contributed by atoms with E-state index in [9.17, 15) is 8.42 Å². The molecule has 0 aromatic rings. The predicted molar refractivity (Wildman–Crippen MR) is 67.1 cm³/mol. The molecule has 2 aliphatic rings. The van der Waals surface area contributed by atoms with Gasteiger partial charge in [0.05, 0.1) is 17.5 Å². The molecule has 1 saturated heterocycles. The van der Waals surface area contributed by atoms with Crippen molar-refractivity contribution in [2.24, 2.45) is 4.99 Å². The summed E-state index contributed by atoms with van der Waals surface area (Å²) in [4.78, 5) is 4.51. The Bertz CT molecular complexity index is 416. The second-order valence-corrected chi connectivity index (χ2v) is 7.70. The van der Waals surface area contributed by atoms with Crippen molar-refractivity contribution >= 4 is 26.8 Å². The average molecular weight is 263 g/mol. The Morgan fingerprint density at radius 2 is 2.25 bits per heavy atom. The number of sulfone groups is 1. The van der Waals surface area contributed by atoms with Crippen LogP contribution in [0.3, 0.4) is 0 Å². The molecule has 1 fully saturated rings. The van der Waals surface area contributed by atoms with Gasteiger partial charge in [-0.2, -0.15) is 0 Å². The Hall–Kier alpha value is -0.270. The normalized spacial score (nSPS) is 31.8. The number of amidine groups is 1. The highest BCUT2D eigenvalue weighted by Gasteiger charge is 2.39. The largest absolute Gasteiger partial charge is 0.281 e. The lowest BCUT2D eigenvalue weighted by atomic mass is 10.2. The SMILES string of the molecule is CSC1=NC(C)(C)NN1C1CCS(=O)(=O)C1. The van der Waals surface area contributed by atoms with Gasteiger partial charge >= 0.3 is 0 Å². The van der Waals surface area contributed by atoms with E-state index in [4.69, 9.17) is 0 Å². The van der Waals surface area contributed by atoms with Crippen LogP contribution in [-0.4, -0.2) is 48.1 Å². The van der Waals surface area contributed by atoms with Crippen LogP contribution in [0.25, 0.3) is 0 Å². The minimum Gasteiger partial charge on any atom is -0.281 e. The van der Waals surface area contributed by atoms with Gasteiger partial charge in [0.25, 0.3) is 0 Å². The number of hydrogen-bond acceptors (Lipinski definition) is 6. The number of aliphatic imine (C=N–C) groups is 1. The van der Waals surface area contributed by atoms with Gasteiger partial charge in [-0.1, -0.05) is 11.8 Å². The standard InChI is InChI=1S/C9H17N3O2S2/c1-9(2)10-8(15-3)12(11-9)7-4-5-16(13,14)6-7/h7,11H,4-6H2,1-3H3. The Balaban J connectivity index is 2.15. The van der Waals surface area contributed by atoms with Crippen LogP contribution in [-0.2, 0) is 9.84 Å². The first-order chi connectivity index (χ1) is 7.33. The molecular formula is C9H17N3O2S2. The van der Waals surface area contributed by atoms with E-state index in [1.165, 1.54) is 0 Å². The van der Waals surface area contributed by atoms with E-state index >= 15 is 0 Å². The Morgan fingerprint density at radius 1 is 1.56 bits per heavy atom. The van der Waals surface area contributed by atoms with Gasteiger partial charge in [-0.15, -0.1) is 0 Å². The molecule has 0 amide bonds. The van der Waals surface area contributed by atoms with Crippen molar-refractivity contribution in [2.75, 3.05) is 17.8 Å². The monoisotopic (exact) mass is 263 g/mol. The molecule has 2 heterocycles. The highest BCUT2D eigenvalue weighted by Crippen LogP contribution is 2.26. The molecule has 1 atom stereocenters. The van der Waals surface area contributed by atoms with Gasteiger partial charge in [-0.3, -0.25) is 5.01 Å². The molecule has 1 N–H and O–H groups in total. The average Bonchev–Trinajstić information content (AvgIpc) is 2.65. The van der Waals surface area contributed by atoms with Gasteiger partial charge in [0, 0.05) is 0 Å². The first kappa shape index (κ1) is 12.2. The fourth-order valence-electron chi connectivity index (χ4n) is 2.03. The van der Waals surface area contributed by atoms with Crippen LogP contribution < -0.4 is 5.43 Å². The lowest BCUT2D eigenvalue weighted by molar-refractivity contribution is 0.204. The van der Waals surface area contributed by atoms with Crippen LogP contribution in [0.15, 0.2) is 4.99 Å². The molecule has 0 aromatic heterocycles. The lowest BCUT2D eigenvalue weighted by Crippen LogP contribution is -2.50. The van der Waals surface area contributed by atoms with Crippen molar-refractivity contribution in [1.82, 2.24) is 10.4 Å². The van der Waals surface area contributed by atoms with Gasteiger partial charge in [0.2, 0.25) is 0 Å². The van der Waals surface area contributed by atoms with Crippen LogP contribution in [0.2, 0.25) is 0 Å². The Kier molecular flexibility index (Phi) is 2.96. The summed E-state index contributed by atoms with van der Waals surface area (Å²) >= 11 is 1.55. The first-order valence-electron chi connectivity index (χ1n) is 5.24. The number of thioether (sulfide) groups is 1. The molecule has 5 nitrogen and oxygen atoms in total. The number of nitrogens with one attached hydrogen (secondary N) is 1. The molecule has 7 heteroatoms. The number of hydrogen-bond donors (Lipinski definition) is 1. The molecule has 92 valence electrons. The van der Waals surface area contributed by atoms with E-state index in [0.717, 1.165) is 5.17 Å². The molecular weight excluding hydrogens is 246 g/mol. The zero-order chi connectivity index (χ0) is 12.0. The van der Waals surface area contributed by atoms with Gasteiger partial charge < -0.3 is 0 Å². The molecule has 0 bridgehead atoms. The van der Waals surface area contributed by atoms with Crippen LogP contribution in [0, 0.1) is 0 Å². The van der Waals surface area contributed by atoms with Crippen molar-refractivity contribution in [3.05, 3.63) is 0 Å². The lowest BCUT2D eigenvalue weighted by Gasteiger charge is -2.28. The van der Waals surface area contributed by atoms with Crippen LogP contribution in [0.4, 0.5) is 0 Å². The third-order valence-corrected chi connectivity index (χ3v) is 5.13. The zero-order valence-corrected chi connectivity index (χ0v) is 11.4. The van der Waals surface area contributed by atoms with Crippen molar-refractivity contribution < 1.29 is 8.42 Å². The van der Waals surface area contributed by atoms with Crippen LogP contribution >= 0.6 is 11.8 Å². The summed E-state index contributed by atoms with van der Waals surface area (Å²) in [6, 6.07) is 0.0259. The first-order valence-corrected chi connectivity index (χ1v) is 8.29. The molecule has 0 saturated carbocycles. The molecule has 1 unspecified atom stereocenters. The minimum atomic E-state index is -2.85. The van der Waals surface area contributed by atoms with Crippen molar-refractivity contribution in [1.29, 1.82) is 0 Å². The summed E-state index contributed by atoms with van der Waals surface area (Å²) in [6.07, 6.45) is 2.64. The maximum atomic E-state index is 11.5. The highest BCUT2D eigenvalue weighted by atomic mass is 32.2. The van der Waals surface area contributed by atoms with Crippen LogP contribution in [0.5, 0.6) is 0 Å². The Labute approximate surface area is 101 Å². The van der Waals surface area contributed by atoms with E-state index in [2.05, 4.69) is 10.4 Å². The van der Waals surface area contributed by atoms with Crippen molar-refractivity contribution in [3.8, 4) is 0 Å². The second-order valence-electron chi connectivity index (χ2n) is 4.70. The third kappa shape index (κ3) is 2.36. The minimum absolute atomic E-state index is 0.0259. The van der Waals surface area contributed by atoms with Crippen LogP contribution in [0.1, 0.15) is 20.3 Å². The molecule has 2 rings (SSSR count). The molecule has 0 aromatic carbocycles. The van der Waals surface area contributed by atoms with Crippen molar-refractivity contribution in [2.45, 2.75) is 32.0 Å². The summed E-state index contributed by atoms with van der Waals surface area (Å²) in [5, 5.41) is 2.81. The van der Waals surface area contributed by atoms with E-state index in [0.29, 0.717) is 6.42 Å². The smallest absolute Gasteiger partial charge is 0.175 e. The summed E-state index contributed by atoms with van der Waals surface area (Å²) in [7, 11) is -2.85. The number of nitrogens with zero attached hydrogens (tertiary/aromatic N) is 2. The molecule has 16 heavy (non-hydrogen) atoms. The van der Waals surface area contributed by atoms with Gasteiger partial charge in [0.1, 0.15) is 5.66 Å². The fourth-order valence-corrected chi connectivity index (χ4v) is 4.44. The zero-order valence-electron chi connectivity index (χ0n) is 9.73. The third-order valence-electron chi connectivity index (χ3n) is 2.73. The Morgan fingerprint density at radius 3 is 2.75 bits per heavy atom. The summed E-state index contributed by atoms with van der Waals surface area (Å²) in [5.74, 6) is 0.521. The predicted octanol–water partition coefficient (Wildman–Crippen LogP) is 0.449. The van der Waals surface area contributed by atoms with Gasteiger partial charge in [0.15, 0.2) is 15.0 Å². The van der Waals surface area contributed by atoms with E-state index in [1.807, 2.05) is 25.1 Å². The molecule has 2 aliphatic heterocycles. The van der Waals surface area contributed by atoms with E-state index < -0.39 is 9.84 Å². The highest BCUT2D eigenvalue weighted by molar-refractivity contribution is 8.13. The molecule has 0 aliphatic carbocycles. The van der Waals surface area contributed by atoms with Gasteiger partial charge in [-0.25, -0.2) is 18.8 Å². The quantitative estimate of drug-likeness (QED) is 0.744. The summed E-state index contributed by atoms with van der Waals surface area (Å²) < 4.78 is 22.9. The topological polar surface area (TPSA) is 61.8 Å². The van der Waals surface area contributed by atoms with E-state index in [-0.39, 0.29) is 23.2 Å². The van der Waals surface area contributed by atoms with Crippen molar-refractivity contribution in [3.63, 3.8) is 0 Å². The molecule has 0 radical (unpaired) electrons. The number of hydrazine groups is 1. The summed E-state index contributed by atoms with van der Waals surface area (Å²) in [6.45, 7) is 3.96.